The third kappa shape index (κ3) is 2.80. The van der Waals surface area contributed by atoms with E-state index in [9.17, 15) is 18.0 Å². The van der Waals surface area contributed by atoms with Crippen molar-refractivity contribution in [3.63, 3.8) is 0 Å². The highest BCUT2D eigenvalue weighted by Gasteiger charge is 2.38. The number of carbonyl (C=O) groups excluding carboxylic acids is 1. The van der Waals surface area contributed by atoms with E-state index in [1.54, 1.807) is 7.05 Å². The first kappa shape index (κ1) is 13.6. The fraction of sp³-hybridized carbons (Fsp3) is 0.357. The molecular weight excluding hydrogens is 255 g/mol. The van der Waals surface area contributed by atoms with Crippen LogP contribution in [0.5, 0.6) is 0 Å². The summed E-state index contributed by atoms with van der Waals surface area (Å²) in [6, 6.07) is 3.56. The lowest BCUT2D eigenvalue weighted by Gasteiger charge is -2.20. The van der Waals surface area contributed by atoms with Gasteiger partial charge in [0.25, 0.3) is 5.91 Å². The molecule has 2 rings (SSSR count). The average molecular weight is 269 g/mol. The second-order valence-corrected chi connectivity index (χ2v) is 4.65. The van der Waals surface area contributed by atoms with Crippen molar-refractivity contribution in [2.75, 3.05) is 7.05 Å². The van der Waals surface area contributed by atoms with Crippen molar-refractivity contribution >= 4 is 12.0 Å². The van der Waals surface area contributed by atoms with Gasteiger partial charge in [0.15, 0.2) is 0 Å². The van der Waals surface area contributed by atoms with Gasteiger partial charge in [-0.2, -0.15) is 13.2 Å². The van der Waals surface area contributed by atoms with E-state index in [2.05, 4.69) is 6.58 Å². The summed E-state index contributed by atoms with van der Waals surface area (Å²) < 4.78 is 38.8. The second kappa shape index (κ2) is 4.72. The zero-order chi connectivity index (χ0) is 14.2. The van der Waals surface area contributed by atoms with Gasteiger partial charge in [0, 0.05) is 13.1 Å². The lowest BCUT2D eigenvalue weighted by atomic mass is 10.0. The van der Waals surface area contributed by atoms with Crippen LogP contribution < -0.4 is 0 Å². The van der Waals surface area contributed by atoms with Gasteiger partial charge in [0.05, 0.1) is 11.1 Å². The van der Waals surface area contributed by atoms with Gasteiger partial charge >= 0.3 is 6.18 Å². The van der Waals surface area contributed by atoms with Crippen LogP contribution in [-0.4, -0.2) is 23.9 Å². The maximum absolute atomic E-state index is 12.9. The minimum Gasteiger partial charge on any atom is -0.339 e. The topological polar surface area (TPSA) is 20.3 Å². The minimum atomic E-state index is -4.53. The van der Waals surface area contributed by atoms with Crippen molar-refractivity contribution in [3.05, 3.63) is 41.5 Å². The molecule has 0 atom stereocenters. The molecule has 5 heteroatoms. The van der Waals surface area contributed by atoms with E-state index in [0.717, 1.165) is 18.9 Å². The van der Waals surface area contributed by atoms with Gasteiger partial charge in [0.2, 0.25) is 0 Å². The van der Waals surface area contributed by atoms with Crippen LogP contribution in [-0.2, 0) is 6.18 Å². The molecule has 1 aliphatic carbocycles. The summed E-state index contributed by atoms with van der Waals surface area (Å²) in [5.41, 5.74) is -0.699. The summed E-state index contributed by atoms with van der Waals surface area (Å²) in [4.78, 5) is 13.5. The number of alkyl halides is 3. The largest absolute Gasteiger partial charge is 0.417 e. The highest BCUT2D eigenvalue weighted by Crippen LogP contribution is 2.34. The van der Waals surface area contributed by atoms with E-state index in [-0.39, 0.29) is 11.6 Å². The van der Waals surface area contributed by atoms with Crippen LogP contribution in [0.3, 0.4) is 0 Å². The maximum Gasteiger partial charge on any atom is 0.417 e. The molecule has 1 fully saturated rings. The molecule has 1 amide bonds. The van der Waals surface area contributed by atoms with Crippen LogP contribution in [0.25, 0.3) is 6.08 Å². The Labute approximate surface area is 109 Å². The molecule has 19 heavy (non-hydrogen) atoms. The van der Waals surface area contributed by atoms with Crippen LogP contribution in [0.4, 0.5) is 13.2 Å². The number of nitrogens with zero attached hydrogens (tertiary/aromatic N) is 1. The third-order valence-electron chi connectivity index (χ3n) is 3.23. The third-order valence-corrected chi connectivity index (χ3v) is 3.23. The molecule has 1 saturated carbocycles. The van der Waals surface area contributed by atoms with Crippen molar-refractivity contribution in [2.45, 2.75) is 25.1 Å². The molecule has 0 bridgehead atoms. The number of carbonyl (C=O) groups is 1. The normalized spacial score (nSPS) is 15.2. The number of rotatable bonds is 3. The Hall–Kier alpha value is -1.78. The first-order chi connectivity index (χ1) is 8.84. The fourth-order valence-corrected chi connectivity index (χ4v) is 1.93. The molecule has 0 N–H and O–H groups in total. The van der Waals surface area contributed by atoms with E-state index in [4.69, 9.17) is 0 Å². The van der Waals surface area contributed by atoms with E-state index < -0.39 is 17.6 Å². The molecule has 1 aliphatic rings. The summed E-state index contributed by atoms with van der Waals surface area (Å²) >= 11 is 0. The maximum atomic E-state index is 12.9. The SMILES string of the molecule is C=Cc1ccc(C(F)(F)F)c(C(=O)N(C)C2CC2)c1. The van der Waals surface area contributed by atoms with Crippen molar-refractivity contribution in [1.29, 1.82) is 0 Å². The molecule has 0 spiro atoms. The Morgan fingerprint density at radius 3 is 2.53 bits per heavy atom. The average Bonchev–Trinajstić information content (AvgIpc) is 3.19. The molecular formula is C14H14F3NO. The summed E-state index contributed by atoms with van der Waals surface area (Å²) in [6.45, 7) is 3.51. The fourth-order valence-electron chi connectivity index (χ4n) is 1.93. The van der Waals surface area contributed by atoms with Crippen LogP contribution in [0, 0.1) is 0 Å². The van der Waals surface area contributed by atoms with Gasteiger partial charge in [-0.05, 0) is 30.5 Å². The second-order valence-electron chi connectivity index (χ2n) is 4.65. The van der Waals surface area contributed by atoms with Crippen LogP contribution in [0.1, 0.15) is 34.3 Å². The lowest BCUT2D eigenvalue weighted by Crippen LogP contribution is -2.30. The molecule has 0 unspecified atom stereocenters. The summed E-state index contributed by atoms with van der Waals surface area (Å²) in [7, 11) is 1.54. The summed E-state index contributed by atoms with van der Waals surface area (Å²) in [5, 5.41) is 0. The van der Waals surface area contributed by atoms with Crippen molar-refractivity contribution in [1.82, 2.24) is 4.90 Å². The number of amides is 1. The standard InChI is InChI=1S/C14H14F3NO/c1-3-9-4-7-12(14(15,16)17)11(8-9)13(19)18(2)10-5-6-10/h3-4,7-8,10H,1,5-6H2,2H3. The van der Waals surface area contributed by atoms with E-state index in [1.165, 1.54) is 23.1 Å². The molecule has 0 aliphatic heterocycles. The van der Waals surface area contributed by atoms with Gasteiger partial charge in [-0.3, -0.25) is 4.79 Å². The number of benzene rings is 1. The highest BCUT2D eigenvalue weighted by molar-refractivity contribution is 5.96. The molecule has 2 nitrogen and oxygen atoms in total. The Morgan fingerprint density at radius 1 is 1.42 bits per heavy atom. The molecule has 1 aromatic rings. The van der Waals surface area contributed by atoms with Crippen molar-refractivity contribution in [3.8, 4) is 0 Å². The van der Waals surface area contributed by atoms with Crippen LogP contribution >= 0.6 is 0 Å². The minimum absolute atomic E-state index is 0.0703. The van der Waals surface area contributed by atoms with E-state index in [1.807, 2.05) is 0 Å². The molecule has 0 radical (unpaired) electrons. The van der Waals surface area contributed by atoms with Crippen molar-refractivity contribution < 1.29 is 18.0 Å². The predicted octanol–water partition coefficient (Wildman–Crippen LogP) is 3.58. The number of halogens is 3. The van der Waals surface area contributed by atoms with E-state index >= 15 is 0 Å². The molecule has 0 saturated heterocycles. The smallest absolute Gasteiger partial charge is 0.339 e. The Kier molecular flexibility index (Phi) is 3.39. The highest BCUT2D eigenvalue weighted by atomic mass is 19.4. The number of hydrogen-bond donors (Lipinski definition) is 0. The zero-order valence-corrected chi connectivity index (χ0v) is 10.5. The predicted molar refractivity (Wildman–Crippen MR) is 66.7 cm³/mol. The zero-order valence-electron chi connectivity index (χ0n) is 10.5. The molecule has 1 aromatic carbocycles. The number of hydrogen-bond acceptors (Lipinski definition) is 1. The monoisotopic (exact) mass is 269 g/mol. The summed E-state index contributed by atoms with van der Waals surface area (Å²) in [6.07, 6.45) is -1.40. The molecule has 0 heterocycles. The Balaban J connectivity index is 2.45. The van der Waals surface area contributed by atoms with Gasteiger partial charge < -0.3 is 4.90 Å². The molecule has 0 aromatic heterocycles. The van der Waals surface area contributed by atoms with Crippen LogP contribution in [0.2, 0.25) is 0 Å². The van der Waals surface area contributed by atoms with Gasteiger partial charge in [-0.15, -0.1) is 0 Å². The summed E-state index contributed by atoms with van der Waals surface area (Å²) in [5.74, 6) is -0.585. The Morgan fingerprint density at radius 2 is 2.05 bits per heavy atom. The van der Waals surface area contributed by atoms with Gasteiger partial charge in [-0.25, -0.2) is 0 Å². The first-order valence-electron chi connectivity index (χ1n) is 5.95. The first-order valence-corrected chi connectivity index (χ1v) is 5.95. The Bertz CT molecular complexity index is 518. The lowest BCUT2D eigenvalue weighted by molar-refractivity contribution is -0.138. The van der Waals surface area contributed by atoms with Crippen molar-refractivity contribution in [2.24, 2.45) is 0 Å². The quantitative estimate of drug-likeness (QED) is 0.821. The van der Waals surface area contributed by atoms with Gasteiger partial charge in [0.1, 0.15) is 0 Å². The van der Waals surface area contributed by atoms with E-state index in [0.29, 0.717) is 5.56 Å². The van der Waals surface area contributed by atoms with Crippen LogP contribution in [0.15, 0.2) is 24.8 Å². The molecule has 102 valence electrons. The van der Waals surface area contributed by atoms with Gasteiger partial charge in [-0.1, -0.05) is 18.7 Å².